The zero-order chi connectivity index (χ0) is 27.5. The number of amides is 2. The van der Waals surface area contributed by atoms with Gasteiger partial charge in [0.1, 0.15) is 11.3 Å². The molecule has 3 rings (SSSR count). The van der Waals surface area contributed by atoms with Crippen LogP contribution in [0.15, 0.2) is 53.4 Å². The quantitative estimate of drug-likeness (QED) is 0.176. The van der Waals surface area contributed by atoms with Crippen molar-refractivity contribution >= 4 is 46.6 Å². The Hall–Kier alpha value is -3.25. The van der Waals surface area contributed by atoms with E-state index in [1.807, 2.05) is 0 Å². The number of nitrogens with one attached hydrogen (secondary N) is 2. The highest BCUT2D eigenvalue weighted by Gasteiger charge is 2.42. The van der Waals surface area contributed by atoms with Gasteiger partial charge in [0.2, 0.25) is 5.91 Å². The lowest BCUT2D eigenvalue weighted by Crippen LogP contribution is -2.27. The Balaban J connectivity index is 1.78. The minimum atomic E-state index is -5.70. The zero-order valence-electron chi connectivity index (χ0n) is 18.7. The highest BCUT2D eigenvalue weighted by Crippen LogP contribution is 2.39. The maximum Gasteiger partial charge on any atom is 0.422 e. The second-order valence-electron chi connectivity index (χ2n) is 7.50. The van der Waals surface area contributed by atoms with Crippen molar-refractivity contribution in [3.05, 3.63) is 87.9 Å². The van der Waals surface area contributed by atoms with Crippen molar-refractivity contribution in [3.8, 4) is 0 Å². The van der Waals surface area contributed by atoms with E-state index in [0.717, 1.165) is 11.8 Å². The molecule has 3 aromatic rings. The monoisotopic (exact) mass is 564 g/mol. The molecular weight excluding hydrogens is 549 g/mol. The Morgan fingerprint density at radius 3 is 2.11 bits per heavy atom. The molecule has 0 saturated carbocycles. The molecule has 0 heterocycles. The van der Waals surface area contributed by atoms with E-state index >= 15 is 0 Å². The van der Waals surface area contributed by atoms with Crippen molar-refractivity contribution in [2.75, 3.05) is 10.6 Å². The van der Waals surface area contributed by atoms with Crippen molar-refractivity contribution in [3.63, 3.8) is 0 Å². The van der Waals surface area contributed by atoms with Gasteiger partial charge in [0.25, 0.3) is 5.91 Å². The van der Waals surface area contributed by atoms with Crippen molar-refractivity contribution < 1.29 is 40.3 Å². The summed E-state index contributed by atoms with van der Waals surface area (Å²) < 4.78 is 94.4. The van der Waals surface area contributed by atoms with Crippen LogP contribution < -0.4 is 10.6 Å². The summed E-state index contributed by atoms with van der Waals surface area (Å²) in [5.74, 6) is -11.7. The normalized spacial score (nSPS) is 12.2. The first kappa shape index (κ1) is 28.3. The third kappa shape index (κ3) is 6.55. The topological polar surface area (TPSA) is 58.2 Å². The smallest absolute Gasteiger partial charge is 0.322 e. The number of benzene rings is 3. The van der Waals surface area contributed by atoms with E-state index in [4.69, 9.17) is 11.6 Å². The maximum atomic E-state index is 14.2. The molecule has 13 heteroatoms. The summed E-state index contributed by atoms with van der Waals surface area (Å²) in [5.41, 5.74) is -3.78. The van der Waals surface area contributed by atoms with Gasteiger partial charge in [0.05, 0.1) is 5.25 Å². The van der Waals surface area contributed by atoms with Crippen LogP contribution >= 0.6 is 23.4 Å². The van der Waals surface area contributed by atoms with Gasteiger partial charge >= 0.3 is 6.18 Å². The summed E-state index contributed by atoms with van der Waals surface area (Å²) >= 11 is 6.77. The predicted octanol–water partition coefficient (Wildman–Crippen LogP) is 7.68. The van der Waals surface area contributed by atoms with Crippen molar-refractivity contribution in [1.29, 1.82) is 0 Å². The standard InChI is InChI=1S/C24H16ClF7N2O2S/c1-2-15(23(36)34-21-19(28)17(26)16(24(30,31)32)18(27)20(21)29)37-14-8-4-7-13(10-14)33-22(35)11-5-3-6-12(25)9-11/h3-10,15H,2H2,1H3,(H,33,35)(H,34,36). The minimum Gasteiger partial charge on any atom is -0.322 e. The average molecular weight is 565 g/mol. The minimum absolute atomic E-state index is 0.0600. The van der Waals surface area contributed by atoms with E-state index in [1.165, 1.54) is 19.1 Å². The first-order valence-corrected chi connectivity index (χ1v) is 11.7. The van der Waals surface area contributed by atoms with Crippen LogP contribution in [-0.2, 0) is 11.0 Å². The molecule has 2 amide bonds. The molecule has 4 nitrogen and oxygen atoms in total. The predicted molar refractivity (Wildman–Crippen MR) is 126 cm³/mol. The fraction of sp³-hybridized carbons (Fsp3) is 0.167. The van der Waals surface area contributed by atoms with Gasteiger partial charge in [-0.2, -0.15) is 13.2 Å². The number of thioether (sulfide) groups is 1. The Kier molecular flexibility index (Phi) is 8.75. The number of carbonyl (C=O) groups is 2. The molecular formula is C24H16ClF7N2O2S. The molecule has 3 aromatic carbocycles. The van der Waals surface area contributed by atoms with Crippen LogP contribution in [0.2, 0.25) is 5.02 Å². The molecule has 0 aliphatic carbocycles. The second kappa shape index (κ2) is 11.4. The summed E-state index contributed by atoms with van der Waals surface area (Å²) in [6.07, 6.45) is -5.64. The first-order chi connectivity index (χ1) is 17.3. The molecule has 196 valence electrons. The Morgan fingerprint density at radius 2 is 1.54 bits per heavy atom. The molecule has 0 saturated heterocycles. The van der Waals surface area contributed by atoms with Crippen LogP contribution in [-0.4, -0.2) is 17.1 Å². The summed E-state index contributed by atoms with van der Waals surface area (Å²) in [7, 11) is 0. The van der Waals surface area contributed by atoms with E-state index in [9.17, 15) is 40.3 Å². The molecule has 0 aromatic heterocycles. The van der Waals surface area contributed by atoms with Crippen LogP contribution in [0.25, 0.3) is 0 Å². The molecule has 0 fully saturated rings. The summed E-state index contributed by atoms with van der Waals surface area (Å²) in [5, 5.41) is 3.57. The highest BCUT2D eigenvalue weighted by molar-refractivity contribution is 8.00. The molecule has 37 heavy (non-hydrogen) atoms. The molecule has 0 aliphatic rings. The Morgan fingerprint density at radius 1 is 0.919 bits per heavy atom. The van der Waals surface area contributed by atoms with Gasteiger partial charge in [-0.15, -0.1) is 11.8 Å². The highest BCUT2D eigenvalue weighted by atomic mass is 35.5. The molecule has 0 spiro atoms. The fourth-order valence-electron chi connectivity index (χ4n) is 3.16. The molecule has 1 atom stereocenters. The molecule has 0 aliphatic heterocycles. The number of alkyl halides is 3. The van der Waals surface area contributed by atoms with Crippen LogP contribution in [0.5, 0.6) is 0 Å². The van der Waals surface area contributed by atoms with Crippen LogP contribution in [0.3, 0.4) is 0 Å². The van der Waals surface area contributed by atoms with Gasteiger partial charge in [-0.1, -0.05) is 30.7 Å². The van der Waals surface area contributed by atoms with Gasteiger partial charge in [0, 0.05) is 21.2 Å². The van der Waals surface area contributed by atoms with Gasteiger partial charge < -0.3 is 10.6 Å². The Bertz CT molecular complexity index is 1320. The Labute approximate surface area is 215 Å². The van der Waals surface area contributed by atoms with Crippen LogP contribution in [0.1, 0.15) is 29.3 Å². The maximum absolute atomic E-state index is 14.2. The molecule has 0 bridgehead atoms. The van der Waals surface area contributed by atoms with Crippen LogP contribution in [0.4, 0.5) is 42.1 Å². The number of halogens is 8. The van der Waals surface area contributed by atoms with E-state index in [1.54, 1.807) is 41.7 Å². The lowest BCUT2D eigenvalue weighted by molar-refractivity contribution is -0.143. The van der Waals surface area contributed by atoms with E-state index in [-0.39, 0.29) is 12.0 Å². The zero-order valence-corrected chi connectivity index (χ0v) is 20.2. The van der Waals surface area contributed by atoms with Gasteiger partial charge in [0.15, 0.2) is 23.3 Å². The lowest BCUT2D eigenvalue weighted by atomic mass is 10.1. The fourth-order valence-corrected chi connectivity index (χ4v) is 4.36. The summed E-state index contributed by atoms with van der Waals surface area (Å²) in [6.45, 7) is 1.53. The van der Waals surface area contributed by atoms with Crippen LogP contribution in [0, 0.1) is 23.3 Å². The molecule has 0 radical (unpaired) electrons. The average Bonchev–Trinajstić information content (AvgIpc) is 2.83. The van der Waals surface area contributed by atoms with Gasteiger partial charge in [-0.25, -0.2) is 17.6 Å². The van der Waals surface area contributed by atoms with Gasteiger partial charge in [-0.05, 0) is 42.8 Å². The summed E-state index contributed by atoms with van der Waals surface area (Å²) in [6, 6.07) is 12.4. The van der Waals surface area contributed by atoms with E-state index in [0.29, 0.717) is 15.6 Å². The lowest BCUT2D eigenvalue weighted by Gasteiger charge is -2.18. The third-order valence-corrected chi connectivity index (χ3v) is 6.51. The van der Waals surface area contributed by atoms with Gasteiger partial charge in [-0.3, -0.25) is 9.59 Å². The second-order valence-corrected chi connectivity index (χ2v) is 9.21. The molecule has 2 N–H and O–H groups in total. The number of anilines is 2. The molecule has 1 unspecified atom stereocenters. The van der Waals surface area contributed by atoms with E-state index < -0.39 is 57.8 Å². The van der Waals surface area contributed by atoms with Crippen molar-refractivity contribution in [2.24, 2.45) is 0 Å². The largest absolute Gasteiger partial charge is 0.422 e. The number of carbonyl (C=O) groups excluding carboxylic acids is 2. The summed E-state index contributed by atoms with van der Waals surface area (Å²) in [4.78, 5) is 25.5. The van der Waals surface area contributed by atoms with Crippen molar-refractivity contribution in [1.82, 2.24) is 0 Å². The van der Waals surface area contributed by atoms with Crippen molar-refractivity contribution in [2.45, 2.75) is 29.7 Å². The SMILES string of the molecule is CCC(Sc1cccc(NC(=O)c2cccc(Cl)c2)c1)C(=O)Nc1c(F)c(F)c(C(F)(F)F)c(F)c1F. The van der Waals surface area contributed by atoms with E-state index in [2.05, 4.69) is 5.32 Å². The third-order valence-electron chi connectivity index (χ3n) is 4.92. The number of hydrogen-bond acceptors (Lipinski definition) is 3. The number of hydrogen-bond donors (Lipinski definition) is 2. The number of rotatable bonds is 7. The first-order valence-electron chi connectivity index (χ1n) is 10.4.